The van der Waals surface area contributed by atoms with Crippen LogP contribution < -0.4 is 0 Å². The Morgan fingerprint density at radius 3 is 2.73 bits per heavy atom. The minimum atomic E-state index is 0.218. The minimum Gasteiger partial charge on any atom is -0.299 e. The lowest BCUT2D eigenvalue weighted by Gasteiger charge is -2.17. The minimum absolute atomic E-state index is 0.218. The van der Waals surface area contributed by atoms with Gasteiger partial charge in [-0.15, -0.1) is 0 Å². The number of rotatable bonds is 1. The average molecular weight is 198 g/mol. The van der Waals surface area contributed by atoms with E-state index in [0.29, 0.717) is 17.6 Å². The first-order valence-electron chi connectivity index (χ1n) is 5.60. The molecular formula is C14H14O. The Morgan fingerprint density at radius 1 is 1.13 bits per heavy atom. The SMILES string of the molecule is O=C1C[C@H](c2ccccc2)[C@H]2CC=C[C@@H]12. The summed E-state index contributed by atoms with van der Waals surface area (Å²) in [6, 6.07) is 10.5. The lowest BCUT2D eigenvalue weighted by Crippen LogP contribution is -2.09. The second kappa shape index (κ2) is 3.34. The van der Waals surface area contributed by atoms with Crippen molar-refractivity contribution in [3.63, 3.8) is 0 Å². The average Bonchev–Trinajstić information content (AvgIpc) is 2.84. The van der Waals surface area contributed by atoms with Gasteiger partial charge in [0.05, 0.1) is 0 Å². The standard InChI is InChI=1S/C14H14O/c15-14-9-13(10-5-2-1-3-6-10)11-7-4-8-12(11)14/h1-6,8,11-13H,7,9H2/t11-,12+,13+/m0/s1. The molecule has 0 N–H and O–H groups in total. The molecule has 1 aromatic carbocycles. The largest absolute Gasteiger partial charge is 0.299 e. The van der Waals surface area contributed by atoms with Crippen LogP contribution in [0.4, 0.5) is 0 Å². The first-order valence-corrected chi connectivity index (χ1v) is 5.60. The molecule has 1 saturated carbocycles. The van der Waals surface area contributed by atoms with E-state index in [-0.39, 0.29) is 5.92 Å². The predicted molar refractivity (Wildman–Crippen MR) is 59.5 cm³/mol. The maximum Gasteiger partial charge on any atom is 0.140 e. The van der Waals surface area contributed by atoms with Crippen molar-refractivity contribution < 1.29 is 4.79 Å². The molecule has 2 aliphatic carbocycles. The predicted octanol–water partition coefficient (Wildman–Crippen LogP) is 2.94. The van der Waals surface area contributed by atoms with Crippen LogP contribution in [0.25, 0.3) is 0 Å². The summed E-state index contributed by atoms with van der Waals surface area (Å²) in [5.41, 5.74) is 1.34. The van der Waals surface area contributed by atoms with Gasteiger partial charge in [-0.2, -0.15) is 0 Å². The zero-order valence-electron chi connectivity index (χ0n) is 8.60. The molecule has 0 aliphatic heterocycles. The van der Waals surface area contributed by atoms with Crippen molar-refractivity contribution in [3.05, 3.63) is 48.0 Å². The van der Waals surface area contributed by atoms with E-state index in [9.17, 15) is 4.79 Å². The van der Waals surface area contributed by atoms with Gasteiger partial charge in [0.15, 0.2) is 0 Å². The monoisotopic (exact) mass is 198 g/mol. The van der Waals surface area contributed by atoms with E-state index >= 15 is 0 Å². The number of hydrogen-bond acceptors (Lipinski definition) is 1. The van der Waals surface area contributed by atoms with Crippen molar-refractivity contribution in [3.8, 4) is 0 Å². The summed E-state index contributed by atoms with van der Waals surface area (Å²) in [4.78, 5) is 11.8. The molecule has 2 aliphatic rings. The Labute approximate surface area is 89.8 Å². The van der Waals surface area contributed by atoms with Gasteiger partial charge in [-0.1, -0.05) is 42.5 Å². The second-order valence-electron chi connectivity index (χ2n) is 4.54. The number of ketones is 1. The maximum absolute atomic E-state index is 11.8. The summed E-state index contributed by atoms with van der Waals surface area (Å²) in [6.07, 6.45) is 6.10. The number of carbonyl (C=O) groups is 1. The smallest absolute Gasteiger partial charge is 0.140 e. The molecule has 3 rings (SSSR count). The Kier molecular flexibility index (Phi) is 1.98. The van der Waals surface area contributed by atoms with Gasteiger partial charge < -0.3 is 0 Å². The highest BCUT2D eigenvalue weighted by molar-refractivity contribution is 5.87. The van der Waals surface area contributed by atoms with Crippen molar-refractivity contribution in [1.82, 2.24) is 0 Å². The molecule has 76 valence electrons. The highest BCUT2D eigenvalue weighted by Gasteiger charge is 2.42. The van der Waals surface area contributed by atoms with E-state index in [1.807, 2.05) is 6.07 Å². The Bertz CT molecular complexity index is 405. The second-order valence-corrected chi connectivity index (χ2v) is 4.54. The van der Waals surface area contributed by atoms with Gasteiger partial charge >= 0.3 is 0 Å². The molecule has 1 nitrogen and oxygen atoms in total. The molecule has 15 heavy (non-hydrogen) atoms. The van der Waals surface area contributed by atoms with Crippen LogP contribution in [-0.2, 0) is 4.79 Å². The summed E-state index contributed by atoms with van der Waals surface area (Å²) >= 11 is 0. The third kappa shape index (κ3) is 1.34. The number of benzene rings is 1. The molecule has 0 bridgehead atoms. The molecule has 0 amide bonds. The fourth-order valence-corrected chi connectivity index (χ4v) is 3.00. The Morgan fingerprint density at radius 2 is 1.93 bits per heavy atom. The zero-order chi connectivity index (χ0) is 10.3. The summed E-state index contributed by atoms with van der Waals surface area (Å²) in [5.74, 6) is 1.65. The van der Waals surface area contributed by atoms with Gasteiger partial charge in [-0.25, -0.2) is 0 Å². The molecule has 1 fully saturated rings. The molecule has 0 saturated heterocycles. The Hall–Kier alpha value is -1.37. The summed E-state index contributed by atoms with van der Waals surface area (Å²) in [7, 11) is 0. The van der Waals surface area contributed by atoms with Crippen LogP contribution in [-0.4, -0.2) is 5.78 Å². The molecule has 0 heterocycles. The van der Waals surface area contributed by atoms with Crippen molar-refractivity contribution >= 4 is 5.78 Å². The molecular weight excluding hydrogens is 184 g/mol. The number of hydrogen-bond donors (Lipinski definition) is 0. The number of Topliss-reactive ketones (excluding diaryl/α,β-unsaturated/α-hetero) is 1. The molecule has 0 radical (unpaired) electrons. The van der Waals surface area contributed by atoms with E-state index in [4.69, 9.17) is 0 Å². The Balaban J connectivity index is 1.93. The fourth-order valence-electron chi connectivity index (χ4n) is 3.00. The molecule has 1 aromatic rings. The van der Waals surface area contributed by atoms with E-state index in [1.54, 1.807) is 0 Å². The quantitative estimate of drug-likeness (QED) is 0.634. The molecule has 0 unspecified atom stereocenters. The first-order chi connectivity index (χ1) is 7.36. The van der Waals surface area contributed by atoms with E-state index < -0.39 is 0 Å². The summed E-state index contributed by atoms with van der Waals surface area (Å²) in [6.45, 7) is 0. The van der Waals surface area contributed by atoms with Crippen LogP contribution in [0, 0.1) is 11.8 Å². The van der Waals surface area contributed by atoms with Crippen molar-refractivity contribution in [2.24, 2.45) is 11.8 Å². The third-order valence-corrected chi connectivity index (χ3v) is 3.75. The molecule has 1 heteroatoms. The molecule has 3 atom stereocenters. The highest BCUT2D eigenvalue weighted by Crippen LogP contribution is 2.46. The van der Waals surface area contributed by atoms with Gasteiger partial charge in [0.1, 0.15) is 5.78 Å². The fraction of sp³-hybridized carbons (Fsp3) is 0.357. The number of allylic oxidation sites excluding steroid dienone is 2. The van der Waals surface area contributed by atoms with Crippen LogP contribution >= 0.6 is 0 Å². The summed E-state index contributed by atoms with van der Waals surface area (Å²) in [5, 5.41) is 0. The van der Waals surface area contributed by atoms with Gasteiger partial charge in [0, 0.05) is 12.3 Å². The first kappa shape index (κ1) is 8.90. The molecule has 0 spiro atoms. The maximum atomic E-state index is 11.8. The van der Waals surface area contributed by atoms with Crippen LogP contribution in [0.5, 0.6) is 0 Å². The van der Waals surface area contributed by atoms with Gasteiger partial charge in [-0.3, -0.25) is 4.79 Å². The number of fused-ring (bicyclic) bond motifs is 1. The molecule has 0 aromatic heterocycles. The van der Waals surface area contributed by atoms with Crippen molar-refractivity contribution in [2.75, 3.05) is 0 Å². The third-order valence-electron chi connectivity index (χ3n) is 3.75. The normalized spacial score (nSPS) is 33.3. The van der Waals surface area contributed by atoms with Crippen molar-refractivity contribution in [1.29, 1.82) is 0 Å². The van der Waals surface area contributed by atoms with E-state index in [0.717, 1.165) is 12.8 Å². The van der Waals surface area contributed by atoms with Crippen LogP contribution in [0.3, 0.4) is 0 Å². The van der Waals surface area contributed by atoms with Gasteiger partial charge in [0.2, 0.25) is 0 Å². The lowest BCUT2D eigenvalue weighted by atomic mass is 9.86. The topological polar surface area (TPSA) is 17.1 Å². The van der Waals surface area contributed by atoms with Crippen LogP contribution in [0.15, 0.2) is 42.5 Å². The van der Waals surface area contributed by atoms with Crippen molar-refractivity contribution in [2.45, 2.75) is 18.8 Å². The van der Waals surface area contributed by atoms with Gasteiger partial charge in [-0.05, 0) is 23.8 Å². The van der Waals surface area contributed by atoms with E-state index in [2.05, 4.69) is 36.4 Å². The van der Waals surface area contributed by atoms with Crippen LogP contribution in [0.1, 0.15) is 24.3 Å². The lowest BCUT2D eigenvalue weighted by molar-refractivity contribution is -0.119. The van der Waals surface area contributed by atoms with E-state index in [1.165, 1.54) is 5.56 Å². The zero-order valence-corrected chi connectivity index (χ0v) is 8.60. The highest BCUT2D eigenvalue weighted by atomic mass is 16.1. The summed E-state index contributed by atoms with van der Waals surface area (Å²) < 4.78 is 0. The van der Waals surface area contributed by atoms with Crippen LogP contribution in [0.2, 0.25) is 0 Å². The number of carbonyl (C=O) groups excluding carboxylic acids is 1. The van der Waals surface area contributed by atoms with Gasteiger partial charge in [0.25, 0.3) is 0 Å².